The molecule has 2 aromatic carbocycles. The van der Waals surface area contributed by atoms with Crippen LogP contribution in [0.1, 0.15) is 40.6 Å². The predicted octanol–water partition coefficient (Wildman–Crippen LogP) is 3.26. The fourth-order valence-electron chi connectivity index (χ4n) is 4.35. The summed E-state index contributed by atoms with van der Waals surface area (Å²) in [6.07, 6.45) is 1.05. The van der Waals surface area contributed by atoms with Crippen LogP contribution < -0.4 is 10.1 Å². The number of nitrogens with one attached hydrogen (secondary N) is 1. The molecular formula is C26H29ClN2O6. The SMILES string of the molecule is Cc1cc([C@@H](O)[C@@H](CN2CCCC2)NC(=O)C(=O)c2cc3cc(Cl)ccc3o2)ccc1OCCO. The van der Waals surface area contributed by atoms with Crippen LogP contribution in [0.4, 0.5) is 0 Å². The van der Waals surface area contributed by atoms with Crippen LogP contribution >= 0.6 is 11.6 Å². The third-order valence-electron chi connectivity index (χ3n) is 6.15. The number of aryl methyl sites for hydroxylation is 1. The fraction of sp³-hybridized carbons (Fsp3) is 0.385. The van der Waals surface area contributed by atoms with Crippen LogP contribution in [0, 0.1) is 6.92 Å². The number of likely N-dealkylation sites (tertiary alicyclic amines) is 1. The van der Waals surface area contributed by atoms with Crippen molar-refractivity contribution in [3.8, 4) is 5.75 Å². The number of Topliss-reactive ketones (excluding diaryl/α,β-unsaturated/α-hetero) is 1. The van der Waals surface area contributed by atoms with E-state index in [1.54, 1.807) is 36.4 Å². The molecule has 0 aliphatic carbocycles. The number of hydrogen-bond acceptors (Lipinski definition) is 7. The number of furan rings is 1. The van der Waals surface area contributed by atoms with Gasteiger partial charge < -0.3 is 29.6 Å². The lowest BCUT2D eigenvalue weighted by molar-refractivity contribution is -0.118. The number of hydrogen-bond donors (Lipinski definition) is 3. The second-order valence-electron chi connectivity index (χ2n) is 8.75. The monoisotopic (exact) mass is 500 g/mol. The number of fused-ring (bicyclic) bond motifs is 1. The highest BCUT2D eigenvalue weighted by molar-refractivity contribution is 6.42. The van der Waals surface area contributed by atoms with Gasteiger partial charge in [-0.25, -0.2) is 0 Å². The summed E-state index contributed by atoms with van der Waals surface area (Å²) in [5, 5.41) is 24.0. The maximum Gasteiger partial charge on any atom is 0.296 e. The van der Waals surface area contributed by atoms with E-state index in [9.17, 15) is 14.7 Å². The van der Waals surface area contributed by atoms with Crippen LogP contribution in [0.15, 0.2) is 46.9 Å². The Balaban J connectivity index is 1.52. The second kappa shape index (κ2) is 11.2. The van der Waals surface area contributed by atoms with Crippen LogP contribution in [0.25, 0.3) is 11.0 Å². The van der Waals surface area contributed by atoms with E-state index in [1.165, 1.54) is 6.07 Å². The van der Waals surface area contributed by atoms with E-state index in [1.807, 2.05) is 6.92 Å². The minimum atomic E-state index is -1.05. The van der Waals surface area contributed by atoms with Crippen molar-refractivity contribution in [3.63, 3.8) is 0 Å². The number of halogens is 1. The molecule has 35 heavy (non-hydrogen) atoms. The molecule has 4 rings (SSSR count). The third kappa shape index (κ3) is 6.02. The number of benzene rings is 2. The normalized spacial score (nSPS) is 15.8. The number of ketones is 1. The maximum atomic E-state index is 12.9. The van der Waals surface area contributed by atoms with Crippen molar-refractivity contribution < 1.29 is 29.0 Å². The topological polar surface area (TPSA) is 112 Å². The van der Waals surface area contributed by atoms with E-state index in [4.69, 9.17) is 25.9 Å². The third-order valence-corrected chi connectivity index (χ3v) is 6.38. The summed E-state index contributed by atoms with van der Waals surface area (Å²) in [4.78, 5) is 27.9. The first-order chi connectivity index (χ1) is 16.9. The zero-order valence-corrected chi connectivity index (χ0v) is 20.3. The Morgan fingerprint density at radius 2 is 1.94 bits per heavy atom. The summed E-state index contributed by atoms with van der Waals surface area (Å²) in [7, 11) is 0. The molecule has 9 heteroatoms. The Kier molecular flexibility index (Phi) is 8.07. The quantitative estimate of drug-likeness (QED) is 0.289. The van der Waals surface area contributed by atoms with Crippen molar-refractivity contribution in [1.29, 1.82) is 0 Å². The zero-order chi connectivity index (χ0) is 24.9. The summed E-state index contributed by atoms with van der Waals surface area (Å²) in [6.45, 7) is 4.05. The molecule has 0 unspecified atom stereocenters. The summed E-state index contributed by atoms with van der Waals surface area (Å²) in [5.41, 5.74) is 1.84. The molecule has 2 atom stereocenters. The molecule has 1 amide bonds. The highest BCUT2D eigenvalue weighted by Gasteiger charge is 2.30. The maximum absolute atomic E-state index is 12.9. The number of nitrogens with zero attached hydrogens (tertiary/aromatic N) is 1. The van der Waals surface area contributed by atoms with Gasteiger partial charge in [0.15, 0.2) is 5.76 Å². The van der Waals surface area contributed by atoms with Crippen LogP contribution in [0.2, 0.25) is 5.02 Å². The lowest BCUT2D eigenvalue weighted by atomic mass is 9.99. The van der Waals surface area contributed by atoms with E-state index in [-0.39, 0.29) is 19.0 Å². The van der Waals surface area contributed by atoms with Gasteiger partial charge in [0.25, 0.3) is 11.7 Å². The van der Waals surface area contributed by atoms with Crippen molar-refractivity contribution in [1.82, 2.24) is 10.2 Å². The van der Waals surface area contributed by atoms with Gasteiger partial charge in [-0.15, -0.1) is 0 Å². The molecule has 1 aliphatic rings. The van der Waals surface area contributed by atoms with Gasteiger partial charge in [-0.3, -0.25) is 9.59 Å². The molecule has 0 bridgehead atoms. The van der Waals surface area contributed by atoms with Crippen LogP contribution in [0.5, 0.6) is 5.75 Å². The molecule has 2 heterocycles. The van der Waals surface area contributed by atoms with Gasteiger partial charge in [0.1, 0.15) is 24.0 Å². The Bertz CT molecular complexity index is 1200. The summed E-state index contributed by atoms with van der Waals surface area (Å²) in [5.74, 6) is -1.15. The number of amides is 1. The molecule has 0 radical (unpaired) electrons. The molecular weight excluding hydrogens is 472 g/mol. The predicted molar refractivity (Wildman–Crippen MR) is 132 cm³/mol. The van der Waals surface area contributed by atoms with Crippen LogP contribution in [-0.4, -0.2) is 65.7 Å². The molecule has 3 N–H and O–H groups in total. The first-order valence-corrected chi connectivity index (χ1v) is 12.0. The minimum Gasteiger partial charge on any atom is -0.491 e. The average Bonchev–Trinajstić information content (AvgIpc) is 3.51. The lowest BCUT2D eigenvalue weighted by Crippen LogP contribution is -2.48. The minimum absolute atomic E-state index is 0.0876. The molecule has 1 aromatic heterocycles. The first kappa shape index (κ1) is 25.2. The number of carbonyl (C=O) groups excluding carboxylic acids is 2. The Morgan fingerprint density at radius 3 is 2.66 bits per heavy atom. The number of carbonyl (C=O) groups is 2. The van der Waals surface area contributed by atoms with Gasteiger partial charge in [-0.1, -0.05) is 17.7 Å². The van der Waals surface area contributed by atoms with Gasteiger partial charge in [-0.05, 0) is 80.4 Å². The van der Waals surface area contributed by atoms with E-state index in [2.05, 4.69) is 10.2 Å². The summed E-state index contributed by atoms with van der Waals surface area (Å²) < 4.78 is 11.0. The summed E-state index contributed by atoms with van der Waals surface area (Å²) >= 11 is 6.00. The Morgan fingerprint density at radius 1 is 1.17 bits per heavy atom. The van der Waals surface area contributed by atoms with Crippen LogP contribution in [-0.2, 0) is 4.79 Å². The zero-order valence-electron chi connectivity index (χ0n) is 19.5. The Labute approximate surface area is 208 Å². The molecule has 3 aromatic rings. The molecule has 186 valence electrons. The van der Waals surface area contributed by atoms with Crippen molar-refractivity contribution in [2.24, 2.45) is 0 Å². The fourth-order valence-corrected chi connectivity index (χ4v) is 4.53. The molecule has 1 saturated heterocycles. The number of ether oxygens (including phenoxy) is 1. The molecule has 1 fully saturated rings. The van der Waals surface area contributed by atoms with Gasteiger partial charge in [0, 0.05) is 17.0 Å². The van der Waals surface area contributed by atoms with E-state index in [0.717, 1.165) is 31.5 Å². The van der Waals surface area contributed by atoms with Crippen molar-refractivity contribution in [2.75, 3.05) is 32.8 Å². The van der Waals surface area contributed by atoms with E-state index >= 15 is 0 Å². The van der Waals surface area contributed by atoms with Gasteiger partial charge >= 0.3 is 0 Å². The smallest absolute Gasteiger partial charge is 0.296 e. The van der Waals surface area contributed by atoms with Crippen molar-refractivity contribution in [2.45, 2.75) is 31.9 Å². The van der Waals surface area contributed by atoms with E-state index < -0.39 is 23.8 Å². The van der Waals surface area contributed by atoms with Gasteiger partial charge in [0.05, 0.1) is 12.6 Å². The van der Waals surface area contributed by atoms with Gasteiger partial charge in [0.2, 0.25) is 0 Å². The Hall–Kier alpha value is -2.91. The second-order valence-corrected chi connectivity index (χ2v) is 9.19. The standard InChI is InChI=1S/C26H29ClN2O6/c1-16-12-17(4-6-21(16)34-11-10-30)24(31)20(15-29-8-2-3-9-29)28-26(33)25(32)23-14-18-13-19(27)5-7-22(18)35-23/h4-7,12-14,20,24,30-31H,2-3,8-11,15H2,1H3,(H,28,33)/t20-,24-/m1/s1. The highest BCUT2D eigenvalue weighted by atomic mass is 35.5. The van der Waals surface area contributed by atoms with Crippen molar-refractivity contribution >= 4 is 34.3 Å². The molecule has 1 aliphatic heterocycles. The average molecular weight is 501 g/mol. The first-order valence-electron chi connectivity index (χ1n) is 11.6. The lowest BCUT2D eigenvalue weighted by Gasteiger charge is -2.28. The molecule has 0 spiro atoms. The highest BCUT2D eigenvalue weighted by Crippen LogP contribution is 2.27. The van der Waals surface area contributed by atoms with E-state index in [0.29, 0.717) is 33.8 Å². The van der Waals surface area contributed by atoms with Gasteiger partial charge in [-0.2, -0.15) is 0 Å². The van der Waals surface area contributed by atoms with Crippen molar-refractivity contribution in [3.05, 3.63) is 64.4 Å². The number of aliphatic hydroxyl groups is 2. The number of aliphatic hydroxyl groups excluding tert-OH is 2. The molecule has 0 saturated carbocycles. The van der Waals surface area contributed by atoms with Crippen LogP contribution in [0.3, 0.4) is 0 Å². The number of rotatable bonds is 10. The largest absolute Gasteiger partial charge is 0.491 e. The summed E-state index contributed by atoms with van der Waals surface area (Å²) in [6, 6.07) is 10.9. The molecule has 8 nitrogen and oxygen atoms in total.